The molecule has 0 spiro atoms. The smallest absolute Gasteiger partial charge is 0.176 e. The molecule has 4 heteroatoms. The molecule has 1 aliphatic heterocycles. The summed E-state index contributed by atoms with van der Waals surface area (Å²) in [6.45, 7) is 0.414. The van der Waals surface area contributed by atoms with Gasteiger partial charge in [0.15, 0.2) is 5.78 Å². The molecule has 0 radical (unpaired) electrons. The zero-order chi connectivity index (χ0) is 12.3. The van der Waals surface area contributed by atoms with Crippen molar-refractivity contribution < 1.29 is 9.18 Å². The molecule has 17 heavy (non-hydrogen) atoms. The second-order valence-electron chi connectivity index (χ2n) is 4.36. The van der Waals surface area contributed by atoms with Crippen molar-refractivity contribution in [2.24, 2.45) is 0 Å². The SMILES string of the molecule is CN(CC(=O)c1ccc(F)cc1)C1CCSC1. The van der Waals surface area contributed by atoms with Crippen LogP contribution >= 0.6 is 11.8 Å². The van der Waals surface area contributed by atoms with E-state index in [1.54, 1.807) is 12.1 Å². The van der Waals surface area contributed by atoms with Gasteiger partial charge in [-0.05, 0) is 43.5 Å². The molecule has 1 unspecified atom stereocenters. The fourth-order valence-corrected chi connectivity index (χ4v) is 3.25. The number of hydrogen-bond acceptors (Lipinski definition) is 3. The third kappa shape index (κ3) is 3.30. The Morgan fingerprint density at radius 2 is 2.18 bits per heavy atom. The highest BCUT2D eigenvalue weighted by atomic mass is 32.2. The Balaban J connectivity index is 1.94. The first-order valence-electron chi connectivity index (χ1n) is 5.73. The zero-order valence-electron chi connectivity index (χ0n) is 9.86. The summed E-state index contributed by atoms with van der Waals surface area (Å²) in [6.07, 6.45) is 1.15. The van der Waals surface area contributed by atoms with Crippen molar-refractivity contribution >= 4 is 17.5 Å². The van der Waals surface area contributed by atoms with Crippen LogP contribution in [0.5, 0.6) is 0 Å². The van der Waals surface area contributed by atoms with E-state index in [4.69, 9.17) is 0 Å². The van der Waals surface area contributed by atoms with Crippen LogP contribution < -0.4 is 0 Å². The normalized spacial score (nSPS) is 19.8. The van der Waals surface area contributed by atoms with E-state index in [1.807, 2.05) is 18.8 Å². The Labute approximate surface area is 105 Å². The monoisotopic (exact) mass is 253 g/mol. The van der Waals surface area contributed by atoms with Crippen LogP contribution in [0.25, 0.3) is 0 Å². The molecular formula is C13H16FNOS. The number of ketones is 1. The fraction of sp³-hybridized carbons (Fsp3) is 0.462. The molecule has 0 amide bonds. The molecule has 0 aliphatic carbocycles. The predicted octanol–water partition coefficient (Wildman–Crippen LogP) is 2.45. The van der Waals surface area contributed by atoms with E-state index >= 15 is 0 Å². The van der Waals surface area contributed by atoms with E-state index in [2.05, 4.69) is 4.90 Å². The number of nitrogens with zero attached hydrogens (tertiary/aromatic N) is 1. The van der Waals surface area contributed by atoms with Crippen LogP contribution in [-0.4, -0.2) is 41.8 Å². The molecule has 0 N–H and O–H groups in total. The van der Waals surface area contributed by atoms with E-state index in [0.29, 0.717) is 18.2 Å². The third-order valence-electron chi connectivity index (χ3n) is 3.09. The Bertz CT molecular complexity index is 387. The first kappa shape index (κ1) is 12.6. The molecule has 1 aliphatic rings. The molecule has 1 heterocycles. The molecule has 1 aromatic carbocycles. The topological polar surface area (TPSA) is 20.3 Å². The third-order valence-corrected chi connectivity index (χ3v) is 4.23. The number of hydrogen-bond donors (Lipinski definition) is 0. The summed E-state index contributed by atoms with van der Waals surface area (Å²) in [6, 6.07) is 6.27. The molecule has 1 fully saturated rings. The summed E-state index contributed by atoms with van der Waals surface area (Å²) in [5, 5.41) is 0. The van der Waals surface area contributed by atoms with Gasteiger partial charge < -0.3 is 0 Å². The van der Waals surface area contributed by atoms with E-state index < -0.39 is 0 Å². The van der Waals surface area contributed by atoms with Gasteiger partial charge in [-0.15, -0.1) is 0 Å². The van der Waals surface area contributed by atoms with Crippen molar-refractivity contribution in [1.29, 1.82) is 0 Å². The molecule has 1 atom stereocenters. The summed E-state index contributed by atoms with van der Waals surface area (Å²) >= 11 is 1.93. The quantitative estimate of drug-likeness (QED) is 0.769. The molecule has 92 valence electrons. The van der Waals surface area contributed by atoms with Gasteiger partial charge in [0.05, 0.1) is 6.54 Å². The van der Waals surface area contributed by atoms with Crippen LogP contribution in [-0.2, 0) is 0 Å². The van der Waals surface area contributed by atoms with Crippen molar-refractivity contribution in [1.82, 2.24) is 4.90 Å². The summed E-state index contributed by atoms with van der Waals surface area (Å²) < 4.78 is 12.7. The number of rotatable bonds is 4. The molecular weight excluding hydrogens is 237 g/mol. The van der Waals surface area contributed by atoms with Crippen LogP contribution in [0, 0.1) is 5.82 Å². The van der Waals surface area contributed by atoms with Gasteiger partial charge in [0.25, 0.3) is 0 Å². The molecule has 2 rings (SSSR count). The number of thioether (sulfide) groups is 1. The lowest BCUT2D eigenvalue weighted by atomic mass is 10.1. The second-order valence-corrected chi connectivity index (χ2v) is 5.51. The van der Waals surface area contributed by atoms with Crippen LogP contribution in [0.1, 0.15) is 16.8 Å². The summed E-state index contributed by atoms with van der Waals surface area (Å²) in [5.41, 5.74) is 0.587. The lowest BCUT2D eigenvalue weighted by molar-refractivity contribution is 0.0927. The molecule has 1 aromatic rings. The first-order chi connectivity index (χ1) is 8.16. The highest BCUT2D eigenvalue weighted by molar-refractivity contribution is 7.99. The van der Waals surface area contributed by atoms with Crippen LogP contribution in [0.15, 0.2) is 24.3 Å². The second kappa shape index (κ2) is 5.65. The zero-order valence-corrected chi connectivity index (χ0v) is 10.7. The van der Waals surface area contributed by atoms with E-state index in [1.165, 1.54) is 17.9 Å². The van der Waals surface area contributed by atoms with E-state index in [9.17, 15) is 9.18 Å². The van der Waals surface area contributed by atoms with Gasteiger partial charge in [0, 0.05) is 17.4 Å². The van der Waals surface area contributed by atoms with Crippen molar-refractivity contribution in [2.75, 3.05) is 25.1 Å². The maximum Gasteiger partial charge on any atom is 0.176 e. The lowest BCUT2D eigenvalue weighted by Crippen LogP contribution is -2.35. The van der Waals surface area contributed by atoms with Crippen molar-refractivity contribution in [3.63, 3.8) is 0 Å². The largest absolute Gasteiger partial charge is 0.295 e. The number of benzene rings is 1. The first-order valence-corrected chi connectivity index (χ1v) is 6.89. The fourth-order valence-electron chi connectivity index (χ4n) is 1.95. The Morgan fingerprint density at radius 3 is 2.76 bits per heavy atom. The van der Waals surface area contributed by atoms with Gasteiger partial charge >= 0.3 is 0 Å². The molecule has 0 bridgehead atoms. The number of halogens is 1. The van der Waals surface area contributed by atoms with Gasteiger partial charge in [0.1, 0.15) is 5.82 Å². The Kier molecular flexibility index (Phi) is 4.18. The summed E-state index contributed by atoms with van der Waals surface area (Å²) in [5.74, 6) is 2.04. The molecule has 0 saturated carbocycles. The minimum Gasteiger partial charge on any atom is -0.295 e. The number of carbonyl (C=O) groups excluding carboxylic acids is 1. The van der Waals surface area contributed by atoms with Gasteiger partial charge in [0.2, 0.25) is 0 Å². The van der Waals surface area contributed by atoms with E-state index in [-0.39, 0.29) is 11.6 Å². The van der Waals surface area contributed by atoms with E-state index in [0.717, 1.165) is 12.2 Å². The average Bonchev–Trinajstić information content (AvgIpc) is 2.83. The Hall–Kier alpha value is -0.870. The maximum absolute atomic E-state index is 12.7. The number of likely N-dealkylation sites (N-methyl/N-ethyl adjacent to an activating group) is 1. The van der Waals surface area contributed by atoms with Crippen LogP contribution in [0.3, 0.4) is 0 Å². The number of carbonyl (C=O) groups is 1. The van der Waals surface area contributed by atoms with Crippen LogP contribution in [0.2, 0.25) is 0 Å². The Morgan fingerprint density at radius 1 is 1.47 bits per heavy atom. The van der Waals surface area contributed by atoms with Gasteiger partial charge in [-0.1, -0.05) is 0 Å². The maximum atomic E-state index is 12.7. The standard InChI is InChI=1S/C13H16FNOS/c1-15(12-6-7-17-9-12)8-13(16)10-2-4-11(14)5-3-10/h2-5,12H,6-9H2,1H3. The lowest BCUT2D eigenvalue weighted by Gasteiger charge is -2.22. The minimum absolute atomic E-state index is 0.0596. The van der Waals surface area contributed by atoms with Crippen molar-refractivity contribution in [3.8, 4) is 0 Å². The molecule has 1 saturated heterocycles. The molecule has 2 nitrogen and oxygen atoms in total. The van der Waals surface area contributed by atoms with Gasteiger partial charge in [-0.2, -0.15) is 11.8 Å². The average molecular weight is 253 g/mol. The van der Waals surface area contributed by atoms with Gasteiger partial charge in [-0.25, -0.2) is 4.39 Å². The summed E-state index contributed by atoms with van der Waals surface area (Å²) in [7, 11) is 1.98. The summed E-state index contributed by atoms with van der Waals surface area (Å²) in [4.78, 5) is 14.1. The highest BCUT2D eigenvalue weighted by Gasteiger charge is 2.21. The predicted molar refractivity (Wildman–Crippen MR) is 69.1 cm³/mol. The van der Waals surface area contributed by atoms with Crippen molar-refractivity contribution in [2.45, 2.75) is 12.5 Å². The van der Waals surface area contributed by atoms with Gasteiger partial charge in [-0.3, -0.25) is 9.69 Å². The number of Topliss-reactive ketones (excluding diaryl/α,β-unsaturated/α-hetero) is 1. The van der Waals surface area contributed by atoms with Crippen LogP contribution in [0.4, 0.5) is 4.39 Å². The minimum atomic E-state index is -0.304. The van der Waals surface area contributed by atoms with Crippen molar-refractivity contribution in [3.05, 3.63) is 35.6 Å². The molecule has 0 aromatic heterocycles. The highest BCUT2D eigenvalue weighted by Crippen LogP contribution is 2.21.